The zero-order valence-corrected chi connectivity index (χ0v) is 19.0. The lowest BCUT2D eigenvalue weighted by Crippen LogP contribution is -2.49. The monoisotopic (exact) mass is 463 g/mol. The Hall–Kier alpha value is -3.91. The van der Waals surface area contributed by atoms with Gasteiger partial charge in [0.15, 0.2) is 11.7 Å². The van der Waals surface area contributed by atoms with Crippen LogP contribution in [-0.4, -0.2) is 30.1 Å². The molecule has 0 bridgehead atoms. The fourth-order valence-electron chi connectivity index (χ4n) is 2.95. The number of hydrogen-bond donors (Lipinski definition) is 3. The molecular formula is C25H25N3O4S. The third-order valence-electron chi connectivity index (χ3n) is 4.47. The van der Waals surface area contributed by atoms with Crippen molar-refractivity contribution in [2.24, 2.45) is 0 Å². The number of carbonyl (C=O) groups excluding carboxylic acids is 2. The van der Waals surface area contributed by atoms with E-state index in [4.69, 9.17) is 21.7 Å². The van der Waals surface area contributed by atoms with Crippen LogP contribution in [0.25, 0.3) is 11.1 Å². The molecule has 3 N–H and O–H groups in total. The van der Waals surface area contributed by atoms with Gasteiger partial charge in [-0.05, 0) is 42.4 Å². The highest BCUT2D eigenvalue weighted by Crippen LogP contribution is 2.29. The van der Waals surface area contributed by atoms with Crippen LogP contribution in [0.15, 0.2) is 78.9 Å². The maximum atomic E-state index is 12.5. The molecule has 0 radical (unpaired) electrons. The lowest BCUT2D eigenvalue weighted by Gasteiger charge is -2.14. The van der Waals surface area contributed by atoms with Crippen molar-refractivity contribution in [1.29, 1.82) is 0 Å². The fraction of sp³-hybridized carbons (Fsp3) is 0.160. The molecule has 170 valence electrons. The van der Waals surface area contributed by atoms with Gasteiger partial charge in [-0.2, -0.15) is 0 Å². The van der Waals surface area contributed by atoms with Crippen LogP contribution < -0.4 is 25.6 Å². The van der Waals surface area contributed by atoms with Crippen LogP contribution in [0.3, 0.4) is 0 Å². The number of rotatable bonds is 8. The van der Waals surface area contributed by atoms with Gasteiger partial charge in [-0.1, -0.05) is 67.6 Å². The molecule has 3 rings (SSSR count). The van der Waals surface area contributed by atoms with Gasteiger partial charge in [-0.25, -0.2) is 0 Å². The molecule has 0 atom stereocenters. The van der Waals surface area contributed by atoms with Crippen molar-refractivity contribution >= 4 is 29.1 Å². The Labute approximate surface area is 198 Å². The summed E-state index contributed by atoms with van der Waals surface area (Å²) in [4.78, 5) is 24.7. The van der Waals surface area contributed by atoms with E-state index in [1.165, 1.54) is 0 Å². The Morgan fingerprint density at radius 3 is 2.24 bits per heavy atom. The quantitative estimate of drug-likeness (QED) is 0.347. The second kappa shape index (κ2) is 12.2. The molecule has 3 aromatic carbocycles. The zero-order chi connectivity index (χ0) is 23.5. The summed E-state index contributed by atoms with van der Waals surface area (Å²) in [5, 5.41) is 2.47. The lowest BCUT2D eigenvalue weighted by atomic mass is 10.1. The first-order valence-corrected chi connectivity index (χ1v) is 10.9. The van der Waals surface area contributed by atoms with Gasteiger partial charge in [-0.3, -0.25) is 25.8 Å². The molecule has 0 heterocycles. The first kappa shape index (κ1) is 23.7. The molecule has 0 spiro atoms. The predicted octanol–water partition coefficient (Wildman–Crippen LogP) is 3.86. The Morgan fingerprint density at radius 2 is 1.48 bits per heavy atom. The molecule has 2 amide bonds. The third-order valence-corrected chi connectivity index (χ3v) is 4.67. The van der Waals surface area contributed by atoms with Crippen LogP contribution >= 0.6 is 12.2 Å². The van der Waals surface area contributed by atoms with E-state index in [-0.39, 0.29) is 11.7 Å². The first-order valence-electron chi connectivity index (χ1n) is 10.5. The molecule has 0 unspecified atom stereocenters. The molecule has 0 aliphatic heterocycles. The van der Waals surface area contributed by atoms with E-state index in [0.717, 1.165) is 17.5 Å². The van der Waals surface area contributed by atoms with Gasteiger partial charge in [-0.15, -0.1) is 0 Å². The summed E-state index contributed by atoms with van der Waals surface area (Å²) in [7, 11) is 0. The Balaban J connectivity index is 1.49. The molecule has 33 heavy (non-hydrogen) atoms. The highest BCUT2D eigenvalue weighted by atomic mass is 32.1. The van der Waals surface area contributed by atoms with Gasteiger partial charge in [0, 0.05) is 5.56 Å². The Morgan fingerprint density at radius 1 is 0.818 bits per heavy atom. The number of thiocarbonyl (C=S) groups is 1. The Kier molecular flexibility index (Phi) is 8.79. The van der Waals surface area contributed by atoms with Gasteiger partial charge in [0.05, 0.1) is 12.2 Å². The molecule has 0 fully saturated rings. The minimum Gasteiger partial charge on any atom is -0.493 e. The molecule has 0 aliphatic carbocycles. The van der Waals surface area contributed by atoms with Crippen molar-refractivity contribution < 1.29 is 19.1 Å². The average Bonchev–Trinajstić information content (AvgIpc) is 2.85. The van der Waals surface area contributed by atoms with Crippen LogP contribution in [-0.2, 0) is 4.79 Å². The average molecular weight is 464 g/mol. The first-order chi connectivity index (χ1) is 16.1. The second-order valence-electron chi connectivity index (χ2n) is 6.95. The molecule has 0 aromatic heterocycles. The summed E-state index contributed by atoms with van der Waals surface area (Å²) in [5.74, 6) is 0.148. The van der Waals surface area contributed by atoms with E-state index in [1.54, 1.807) is 30.3 Å². The number of amides is 2. The van der Waals surface area contributed by atoms with Crippen molar-refractivity contribution in [3.05, 3.63) is 84.4 Å². The third kappa shape index (κ3) is 7.05. The van der Waals surface area contributed by atoms with Crippen molar-refractivity contribution in [3.63, 3.8) is 0 Å². The van der Waals surface area contributed by atoms with E-state index < -0.39 is 11.8 Å². The van der Waals surface area contributed by atoms with E-state index in [0.29, 0.717) is 23.7 Å². The summed E-state index contributed by atoms with van der Waals surface area (Å²) in [6.45, 7) is 2.24. The number of para-hydroxylation sites is 2. The molecule has 0 saturated heterocycles. The minimum absolute atomic E-state index is 0.0525. The van der Waals surface area contributed by atoms with Crippen molar-refractivity contribution in [1.82, 2.24) is 16.2 Å². The minimum atomic E-state index is -0.457. The van der Waals surface area contributed by atoms with Gasteiger partial charge < -0.3 is 9.47 Å². The number of ether oxygens (including phenoxy) is 2. The van der Waals surface area contributed by atoms with Crippen molar-refractivity contribution in [2.45, 2.75) is 13.3 Å². The summed E-state index contributed by atoms with van der Waals surface area (Å²) in [5.41, 5.74) is 7.14. The number of hydrogen-bond acceptors (Lipinski definition) is 5. The van der Waals surface area contributed by atoms with Crippen LogP contribution in [0.4, 0.5) is 0 Å². The maximum absolute atomic E-state index is 12.5. The lowest BCUT2D eigenvalue weighted by molar-refractivity contribution is -0.123. The van der Waals surface area contributed by atoms with Crippen LogP contribution in [0, 0.1) is 0 Å². The Bertz CT molecular complexity index is 1110. The van der Waals surface area contributed by atoms with Crippen LogP contribution in [0.1, 0.15) is 23.7 Å². The maximum Gasteiger partial charge on any atom is 0.276 e. The molecule has 7 nitrogen and oxygen atoms in total. The number of nitrogens with one attached hydrogen (secondary N) is 3. The van der Waals surface area contributed by atoms with Crippen molar-refractivity contribution in [3.8, 4) is 22.6 Å². The second-order valence-corrected chi connectivity index (χ2v) is 7.36. The summed E-state index contributed by atoms with van der Waals surface area (Å²) in [6.07, 6.45) is 0.819. The topological polar surface area (TPSA) is 88.7 Å². The SMILES string of the molecule is CCCOc1ccccc1C(=O)NC(=S)NNC(=O)COc1ccccc1-c1ccccc1. The summed E-state index contributed by atoms with van der Waals surface area (Å²) in [6, 6.07) is 24.1. The molecule has 0 aliphatic rings. The van der Waals surface area contributed by atoms with E-state index in [1.807, 2.05) is 55.5 Å². The fourth-order valence-corrected chi connectivity index (χ4v) is 3.09. The number of carbonyl (C=O) groups is 2. The number of hydrazine groups is 1. The smallest absolute Gasteiger partial charge is 0.276 e. The largest absolute Gasteiger partial charge is 0.493 e. The van der Waals surface area contributed by atoms with Crippen molar-refractivity contribution in [2.75, 3.05) is 13.2 Å². The zero-order valence-electron chi connectivity index (χ0n) is 18.2. The van der Waals surface area contributed by atoms with E-state index in [2.05, 4.69) is 16.2 Å². The predicted molar refractivity (Wildman–Crippen MR) is 131 cm³/mol. The molecule has 3 aromatic rings. The summed E-state index contributed by atoms with van der Waals surface area (Å²) < 4.78 is 11.3. The van der Waals surface area contributed by atoms with Gasteiger partial charge >= 0.3 is 0 Å². The van der Waals surface area contributed by atoms with Gasteiger partial charge in [0.1, 0.15) is 11.5 Å². The van der Waals surface area contributed by atoms with E-state index >= 15 is 0 Å². The van der Waals surface area contributed by atoms with E-state index in [9.17, 15) is 9.59 Å². The standard InChI is InChI=1S/C25H25N3O4S/c1-2-16-31-22-15-9-7-13-20(22)24(30)26-25(33)28-27-23(29)17-32-21-14-8-6-12-19(21)18-10-4-3-5-11-18/h3-15H,2,16-17H2,1H3,(H,27,29)(H2,26,28,30,33). The normalized spacial score (nSPS) is 10.1. The van der Waals surface area contributed by atoms with Crippen LogP contribution in [0.2, 0.25) is 0 Å². The summed E-state index contributed by atoms with van der Waals surface area (Å²) >= 11 is 5.10. The molecule has 0 saturated carbocycles. The van der Waals surface area contributed by atoms with Crippen LogP contribution in [0.5, 0.6) is 11.5 Å². The number of benzene rings is 3. The molecule has 8 heteroatoms. The molecular weight excluding hydrogens is 438 g/mol. The van der Waals surface area contributed by atoms with Gasteiger partial charge in [0.2, 0.25) is 0 Å². The highest BCUT2D eigenvalue weighted by Gasteiger charge is 2.14. The highest BCUT2D eigenvalue weighted by molar-refractivity contribution is 7.80. The van der Waals surface area contributed by atoms with Gasteiger partial charge in [0.25, 0.3) is 11.8 Å².